The van der Waals surface area contributed by atoms with E-state index in [1.54, 1.807) is 14.2 Å². The van der Waals surface area contributed by atoms with Crippen molar-refractivity contribution in [3.05, 3.63) is 24.3 Å². The van der Waals surface area contributed by atoms with Crippen molar-refractivity contribution < 1.29 is 19.0 Å². The summed E-state index contributed by atoms with van der Waals surface area (Å²) in [6.07, 6.45) is -0.531. The highest BCUT2D eigenvalue weighted by atomic mass is 16.6. The van der Waals surface area contributed by atoms with Gasteiger partial charge in [0.2, 0.25) is 0 Å². The highest BCUT2D eigenvalue weighted by Gasteiger charge is 2.28. The van der Waals surface area contributed by atoms with Crippen LogP contribution in [0.1, 0.15) is 0 Å². The molecule has 0 radical (unpaired) electrons. The first-order valence-electron chi connectivity index (χ1n) is 5.38. The number of amides is 1. The Morgan fingerprint density at radius 3 is 2.71 bits per heavy atom. The van der Waals surface area contributed by atoms with Gasteiger partial charge in [0.15, 0.2) is 17.6 Å². The first-order chi connectivity index (χ1) is 8.20. The van der Waals surface area contributed by atoms with Crippen LogP contribution in [0.2, 0.25) is 0 Å². The van der Waals surface area contributed by atoms with Crippen LogP contribution in [-0.2, 0) is 4.74 Å². The number of hydrogen-bond acceptors (Lipinski definition) is 4. The number of benzene rings is 1. The van der Waals surface area contributed by atoms with Crippen molar-refractivity contribution in [3.8, 4) is 11.5 Å². The zero-order chi connectivity index (χ0) is 12.3. The lowest BCUT2D eigenvalue weighted by Gasteiger charge is -2.12. The predicted octanol–water partition coefficient (Wildman–Crippen LogP) is 1.52. The molecule has 17 heavy (non-hydrogen) atoms. The SMILES string of the molecule is COc1ccccc1OC[C@H]1CN(C)C(=O)O1. The van der Waals surface area contributed by atoms with E-state index in [0.717, 1.165) is 0 Å². The third-order valence-electron chi connectivity index (χ3n) is 2.55. The fraction of sp³-hybridized carbons (Fsp3) is 0.417. The predicted molar refractivity (Wildman–Crippen MR) is 61.4 cm³/mol. The third-order valence-corrected chi connectivity index (χ3v) is 2.55. The number of para-hydroxylation sites is 2. The highest BCUT2D eigenvalue weighted by Crippen LogP contribution is 2.26. The number of ether oxygens (including phenoxy) is 3. The van der Waals surface area contributed by atoms with Crippen molar-refractivity contribution in [3.63, 3.8) is 0 Å². The summed E-state index contributed by atoms with van der Waals surface area (Å²) in [6, 6.07) is 7.38. The summed E-state index contributed by atoms with van der Waals surface area (Å²) in [5.41, 5.74) is 0. The summed E-state index contributed by atoms with van der Waals surface area (Å²) in [7, 11) is 3.29. The molecule has 1 atom stereocenters. The second kappa shape index (κ2) is 4.95. The van der Waals surface area contributed by atoms with Gasteiger partial charge in [-0.3, -0.25) is 0 Å². The molecule has 2 rings (SSSR count). The number of rotatable bonds is 4. The lowest BCUT2D eigenvalue weighted by molar-refractivity contribution is 0.102. The molecule has 92 valence electrons. The Morgan fingerprint density at radius 2 is 2.12 bits per heavy atom. The van der Waals surface area contributed by atoms with Gasteiger partial charge in [-0.15, -0.1) is 0 Å². The van der Waals surface area contributed by atoms with Crippen molar-refractivity contribution in [2.45, 2.75) is 6.10 Å². The van der Waals surface area contributed by atoms with Gasteiger partial charge in [0.05, 0.1) is 13.7 Å². The number of carbonyl (C=O) groups is 1. The molecule has 1 fully saturated rings. The zero-order valence-electron chi connectivity index (χ0n) is 9.88. The van der Waals surface area contributed by atoms with Gasteiger partial charge in [-0.2, -0.15) is 0 Å². The molecule has 1 aliphatic rings. The molecule has 5 nitrogen and oxygen atoms in total. The quantitative estimate of drug-likeness (QED) is 0.796. The van der Waals surface area contributed by atoms with Crippen LogP contribution in [0.25, 0.3) is 0 Å². The van der Waals surface area contributed by atoms with E-state index < -0.39 is 0 Å². The number of cyclic esters (lactones) is 1. The summed E-state index contributed by atoms with van der Waals surface area (Å²) in [5.74, 6) is 1.32. The monoisotopic (exact) mass is 237 g/mol. The maximum absolute atomic E-state index is 11.1. The van der Waals surface area contributed by atoms with E-state index in [1.807, 2.05) is 24.3 Å². The van der Waals surface area contributed by atoms with Crippen LogP contribution in [0.4, 0.5) is 4.79 Å². The van der Waals surface area contributed by atoms with Gasteiger partial charge in [-0.1, -0.05) is 12.1 Å². The average molecular weight is 237 g/mol. The molecule has 0 N–H and O–H groups in total. The Morgan fingerprint density at radius 1 is 1.41 bits per heavy atom. The van der Waals surface area contributed by atoms with Gasteiger partial charge in [-0.05, 0) is 12.1 Å². The molecule has 0 saturated carbocycles. The number of carbonyl (C=O) groups excluding carboxylic acids is 1. The van der Waals surface area contributed by atoms with Gasteiger partial charge in [-0.25, -0.2) is 4.79 Å². The third kappa shape index (κ3) is 2.61. The molecule has 0 aliphatic carbocycles. The first kappa shape index (κ1) is 11.6. The second-order valence-electron chi connectivity index (χ2n) is 3.85. The van der Waals surface area contributed by atoms with E-state index in [4.69, 9.17) is 14.2 Å². The number of likely N-dealkylation sites (N-methyl/N-ethyl adjacent to an activating group) is 1. The molecule has 0 unspecified atom stereocenters. The van der Waals surface area contributed by atoms with E-state index in [2.05, 4.69) is 0 Å². The second-order valence-corrected chi connectivity index (χ2v) is 3.85. The Hall–Kier alpha value is -1.91. The van der Waals surface area contributed by atoms with Crippen LogP contribution in [0.15, 0.2) is 24.3 Å². The Kier molecular flexibility index (Phi) is 3.37. The molecule has 0 aromatic heterocycles. The average Bonchev–Trinajstić information content (AvgIpc) is 2.66. The van der Waals surface area contributed by atoms with Crippen LogP contribution in [0.5, 0.6) is 11.5 Å². The van der Waals surface area contributed by atoms with Crippen molar-refractivity contribution in [1.82, 2.24) is 4.90 Å². The van der Waals surface area contributed by atoms with Gasteiger partial charge in [0.25, 0.3) is 0 Å². The largest absolute Gasteiger partial charge is 0.493 e. The number of hydrogen-bond donors (Lipinski definition) is 0. The normalized spacial score (nSPS) is 19.1. The zero-order valence-corrected chi connectivity index (χ0v) is 9.88. The minimum atomic E-state index is -0.307. The molecule has 1 saturated heterocycles. The summed E-state index contributed by atoms with van der Waals surface area (Å²) >= 11 is 0. The smallest absolute Gasteiger partial charge is 0.410 e. The molecule has 1 aromatic carbocycles. The fourth-order valence-electron chi connectivity index (χ4n) is 1.66. The fourth-order valence-corrected chi connectivity index (χ4v) is 1.66. The highest BCUT2D eigenvalue weighted by molar-refractivity contribution is 5.69. The summed E-state index contributed by atoms with van der Waals surface area (Å²) in [5, 5.41) is 0. The van der Waals surface area contributed by atoms with Gasteiger partial charge >= 0.3 is 6.09 Å². The van der Waals surface area contributed by atoms with Crippen LogP contribution < -0.4 is 9.47 Å². The lowest BCUT2D eigenvalue weighted by Crippen LogP contribution is -2.23. The molecular weight excluding hydrogens is 222 g/mol. The summed E-state index contributed by atoms with van der Waals surface area (Å²) in [6.45, 7) is 0.879. The Bertz CT molecular complexity index is 407. The van der Waals surface area contributed by atoms with E-state index >= 15 is 0 Å². The molecule has 1 heterocycles. The van der Waals surface area contributed by atoms with Crippen molar-refractivity contribution >= 4 is 6.09 Å². The first-order valence-corrected chi connectivity index (χ1v) is 5.38. The van der Waals surface area contributed by atoms with Crippen molar-refractivity contribution in [1.29, 1.82) is 0 Å². The van der Waals surface area contributed by atoms with Crippen LogP contribution in [0.3, 0.4) is 0 Å². The van der Waals surface area contributed by atoms with Crippen LogP contribution in [-0.4, -0.2) is 44.4 Å². The van der Waals surface area contributed by atoms with Crippen molar-refractivity contribution in [2.24, 2.45) is 0 Å². The van der Waals surface area contributed by atoms with Gasteiger partial charge in [0, 0.05) is 7.05 Å². The van der Waals surface area contributed by atoms with E-state index in [0.29, 0.717) is 24.7 Å². The van der Waals surface area contributed by atoms with Crippen LogP contribution >= 0.6 is 0 Å². The molecule has 1 amide bonds. The number of methoxy groups -OCH3 is 1. The maximum Gasteiger partial charge on any atom is 0.410 e. The van der Waals surface area contributed by atoms with E-state index in [-0.39, 0.29) is 12.2 Å². The number of nitrogens with zero attached hydrogens (tertiary/aromatic N) is 1. The molecule has 0 spiro atoms. The molecular formula is C12H15NO4. The topological polar surface area (TPSA) is 48.0 Å². The lowest BCUT2D eigenvalue weighted by atomic mass is 10.3. The van der Waals surface area contributed by atoms with Gasteiger partial charge < -0.3 is 19.1 Å². The van der Waals surface area contributed by atoms with Crippen LogP contribution in [0, 0.1) is 0 Å². The molecule has 5 heteroatoms. The van der Waals surface area contributed by atoms with Crippen molar-refractivity contribution in [2.75, 3.05) is 27.3 Å². The summed E-state index contributed by atoms with van der Waals surface area (Å²) in [4.78, 5) is 12.7. The van der Waals surface area contributed by atoms with Gasteiger partial charge in [0.1, 0.15) is 6.61 Å². The Labute approximate surface area is 99.9 Å². The summed E-state index contributed by atoms with van der Waals surface area (Å²) < 4.78 is 15.8. The molecule has 0 bridgehead atoms. The molecule has 1 aliphatic heterocycles. The maximum atomic E-state index is 11.1. The minimum absolute atomic E-state index is 0.225. The minimum Gasteiger partial charge on any atom is -0.493 e. The van der Waals surface area contributed by atoms with E-state index in [1.165, 1.54) is 4.90 Å². The van der Waals surface area contributed by atoms with E-state index in [9.17, 15) is 4.79 Å². The standard InChI is InChI=1S/C12H15NO4/c1-13-7-9(17-12(13)14)8-16-11-6-4-3-5-10(11)15-2/h3-6,9H,7-8H2,1-2H3/t9-/m1/s1. The molecule has 1 aromatic rings. The Balaban J connectivity index is 1.92.